The van der Waals surface area contributed by atoms with Crippen molar-refractivity contribution >= 4 is 11.6 Å². The lowest BCUT2D eigenvalue weighted by atomic mass is 10.2. The topological polar surface area (TPSA) is 78.9 Å². The number of hydrogen-bond acceptors (Lipinski definition) is 4. The zero-order chi connectivity index (χ0) is 13.1. The first-order chi connectivity index (χ1) is 8.63. The predicted molar refractivity (Wildman–Crippen MR) is 60.3 cm³/mol. The van der Waals surface area contributed by atoms with Gasteiger partial charge in [-0.1, -0.05) is 6.07 Å². The van der Waals surface area contributed by atoms with Gasteiger partial charge in [0.2, 0.25) is 5.76 Å². The molecule has 1 amide bonds. The van der Waals surface area contributed by atoms with Gasteiger partial charge in [-0.2, -0.15) is 5.26 Å². The van der Waals surface area contributed by atoms with Crippen molar-refractivity contribution < 1.29 is 13.6 Å². The van der Waals surface area contributed by atoms with Crippen LogP contribution in [0.3, 0.4) is 0 Å². The van der Waals surface area contributed by atoms with Crippen LogP contribution in [-0.2, 0) is 0 Å². The van der Waals surface area contributed by atoms with Gasteiger partial charge in [0.15, 0.2) is 6.39 Å². The first-order valence-corrected chi connectivity index (χ1v) is 5.03. The molecule has 0 unspecified atom stereocenters. The van der Waals surface area contributed by atoms with E-state index in [0.29, 0.717) is 5.69 Å². The molecule has 0 aliphatic heterocycles. The Morgan fingerprint density at radius 1 is 1.56 bits per heavy atom. The second-order valence-corrected chi connectivity index (χ2v) is 3.50. The van der Waals surface area contributed by atoms with Crippen LogP contribution in [0.15, 0.2) is 29.0 Å². The van der Waals surface area contributed by atoms with Crippen LogP contribution in [0.4, 0.5) is 10.1 Å². The number of nitriles is 1. The monoisotopic (exact) mass is 245 g/mol. The summed E-state index contributed by atoms with van der Waals surface area (Å²) in [5, 5.41) is 11.2. The molecule has 90 valence electrons. The van der Waals surface area contributed by atoms with Crippen LogP contribution in [0, 0.1) is 24.1 Å². The number of amides is 1. The third-order valence-electron chi connectivity index (χ3n) is 2.33. The smallest absolute Gasteiger partial charge is 0.293 e. The van der Waals surface area contributed by atoms with Crippen LogP contribution in [0.5, 0.6) is 0 Å². The van der Waals surface area contributed by atoms with Crippen molar-refractivity contribution in [1.82, 2.24) is 4.98 Å². The van der Waals surface area contributed by atoms with Gasteiger partial charge in [-0.15, -0.1) is 0 Å². The number of hydrogen-bond donors (Lipinski definition) is 1. The van der Waals surface area contributed by atoms with E-state index in [1.165, 1.54) is 12.1 Å². The summed E-state index contributed by atoms with van der Waals surface area (Å²) in [6, 6.07) is 5.68. The molecular formula is C12H8FN3O2. The Hall–Kier alpha value is -2.68. The van der Waals surface area contributed by atoms with Gasteiger partial charge in [0.25, 0.3) is 5.91 Å². The third-order valence-corrected chi connectivity index (χ3v) is 2.33. The Morgan fingerprint density at radius 2 is 2.33 bits per heavy atom. The van der Waals surface area contributed by atoms with E-state index in [9.17, 15) is 9.18 Å². The number of nitrogens with one attached hydrogen (secondary N) is 1. The molecule has 2 rings (SSSR count). The number of benzene rings is 1. The number of carbonyl (C=O) groups is 1. The van der Waals surface area contributed by atoms with E-state index in [1.54, 1.807) is 13.0 Å². The molecule has 0 atom stereocenters. The molecule has 0 saturated carbocycles. The molecule has 1 aromatic carbocycles. The molecular weight excluding hydrogens is 237 g/mol. The van der Waals surface area contributed by atoms with Crippen LogP contribution >= 0.6 is 0 Å². The van der Waals surface area contributed by atoms with Gasteiger partial charge in [-0.25, -0.2) is 9.37 Å². The van der Waals surface area contributed by atoms with Gasteiger partial charge in [-0.3, -0.25) is 4.79 Å². The summed E-state index contributed by atoms with van der Waals surface area (Å²) >= 11 is 0. The summed E-state index contributed by atoms with van der Waals surface area (Å²) in [6.07, 6.45) is 1.14. The number of carbonyl (C=O) groups excluding carboxylic acids is 1. The van der Waals surface area contributed by atoms with E-state index in [-0.39, 0.29) is 17.0 Å². The Balaban J connectivity index is 2.31. The van der Waals surface area contributed by atoms with Gasteiger partial charge >= 0.3 is 0 Å². The second kappa shape index (κ2) is 4.67. The highest BCUT2D eigenvalue weighted by Crippen LogP contribution is 2.19. The van der Waals surface area contributed by atoms with E-state index in [2.05, 4.69) is 10.3 Å². The van der Waals surface area contributed by atoms with Crippen molar-refractivity contribution in [2.24, 2.45) is 0 Å². The molecule has 0 saturated heterocycles. The van der Waals surface area contributed by atoms with Crippen molar-refractivity contribution in [1.29, 1.82) is 5.26 Å². The fourth-order valence-electron chi connectivity index (χ4n) is 1.44. The molecule has 1 aromatic heterocycles. The Morgan fingerprint density at radius 3 is 2.94 bits per heavy atom. The van der Waals surface area contributed by atoms with E-state index >= 15 is 0 Å². The zero-order valence-corrected chi connectivity index (χ0v) is 9.40. The van der Waals surface area contributed by atoms with Crippen LogP contribution in [0.2, 0.25) is 0 Å². The number of rotatable bonds is 2. The average Bonchev–Trinajstić information content (AvgIpc) is 2.76. The largest absolute Gasteiger partial charge is 0.438 e. The third kappa shape index (κ3) is 2.06. The maximum absolute atomic E-state index is 13.3. The molecule has 1 N–H and O–H groups in total. The molecule has 0 fully saturated rings. The number of anilines is 1. The van der Waals surface area contributed by atoms with Crippen molar-refractivity contribution in [2.75, 3.05) is 5.32 Å². The number of halogens is 1. The minimum Gasteiger partial charge on any atom is -0.438 e. The van der Waals surface area contributed by atoms with Crippen LogP contribution in [-0.4, -0.2) is 10.9 Å². The second-order valence-electron chi connectivity index (χ2n) is 3.50. The predicted octanol–water partition coefficient (Wildman–Crippen LogP) is 2.25. The minimum absolute atomic E-state index is 0.0307. The van der Waals surface area contributed by atoms with Gasteiger partial charge in [0, 0.05) is 0 Å². The van der Waals surface area contributed by atoms with Crippen molar-refractivity contribution in [2.45, 2.75) is 6.92 Å². The normalized spacial score (nSPS) is 9.83. The van der Waals surface area contributed by atoms with E-state index < -0.39 is 11.7 Å². The van der Waals surface area contributed by atoms with Crippen molar-refractivity contribution in [3.8, 4) is 6.07 Å². The highest BCUT2D eigenvalue weighted by Gasteiger charge is 2.16. The molecule has 5 nitrogen and oxygen atoms in total. The summed E-state index contributed by atoms with van der Waals surface area (Å²) in [5.74, 6) is -1.24. The first kappa shape index (κ1) is 11.8. The number of aromatic nitrogens is 1. The number of aryl methyl sites for hydroxylation is 1. The van der Waals surface area contributed by atoms with E-state index in [1.807, 2.05) is 0 Å². The fourth-order valence-corrected chi connectivity index (χ4v) is 1.44. The Labute approximate surface area is 102 Å². The Bertz CT molecular complexity index is 643. The quantitative estimate of drug-likeness (QED) is 0.879. The fraction of sp³-hybridized carbons (Fsp3) is 0.0833. The molecule has 2 aromatic rings. The molecule has 6 heteroatoms. The lowest BCUT2D eigenvalue weighted by Gasteiger charge is -2.05. The lowest BCUT2D eigenvalue weighted by Crippen LogP contribution is -2.13. The van der Waals surface area contributed by atoms with Gasteiger partial charge in [0.1, 0.15) is 17.4 Å². The summed E-state index contributed by atoms with van der Waals surface area (Å²) < 4.78 is 18.2. The maximum Gasteiger partial charge on any atom is 0.293 e. The average molecular weight is 245 g/mol. The summed E-state index contributed by atoms with van der Waals surface area (Å²) in [7, 11) is 0. The summed E-state index contributed by atoms with van der Waals surface area (Å²) in [6.45, 7) is 1.61. The highest BCUT2D eigenvalue weighted by atomic mass is 19.1. The van der Waals surface area contributed by atoms with E-state index in [4.69, 9.17) is 9.68 Å². The van der Waals surface area contributed by atoms with Crippen LogP contribution in [0.25, 0.3) is 0 Å². The molecule has 0 radical (unpaired) electrons. The first-order valence-electron chi connectivity index (χ1n) is 5.03. The molecule has 0 spiro atoms. The minimum atomic E-state index is -0.690. The van der Waals surface area contributed by atoms with Crippen molar-refractivity contribution in [3.05, 3.63) is 47.4 Å². The Kier molecular flexibility index (Phi) is 3.06. The van der Waals surface area contributed by atoms with Crippen LogP contribution in [0.1, 0.15) is 21.8 Å². The SMILES string of the molecule is Cc1ncoc1C(=O)Nc1cccc(F)c1C#N. The van der Waals surface area contributed by atoms with Crippen molar-refractivity contribution in [3.63, 3.8) is 0 Å². The number of oxazole rings is 1. The molecule has 18 heavy (non-hydrogen) atoms. The summed E-state index contributed by atoms with van der Waals surface area (Å²) in [4.78, 5) is 15.6. The lowest BCUT2D eigenvalue weighted by molar-refractivity contribution is 0.0996. The molecule has 0 aliphatic carbocycles. The van der Waals surface area contributed by atoms with Gasteiger partial charge in [0.05, 0.1) is 11.4 Å². The standard InChI is InChI=1S/C12H8FN3O2/c1-7-11(18-6-15-7)12(17)16-10-4-2-3-9(13)8(10)5-14/h2-4,6H,1H3,(H,16,17). The zero-order valence-electron chi connectivity index (χ0n) is 9.40. The maximum atomic E-state index is 13.3. The molecule has 0 bridgehead atoms. The van der Waals surface area contributed by atoms with Gasteiger partial charge in [-0.05, 0) is 19.1 Å². The summed E-state index contributed by atoms with van der Waals surface area (Å²) in [5.41, 5.74) is 0.295. The van der Waals surface area contributed by atoms with E-state index in [0.717, 1.165) is 12.5 Å². The molecule has 1 heterocycles. The molecule has 0 aliphatic rings. The highest BCUT2D eigenvalue weighted by molar-refractivity contribution is 6.03. The van der Waals surface area contributed by atoms with Crippen LogP contribution < -0.4 is 5.32 Å². The van der Waals surface area contributed by atoms with Gasteiger partial charge < -0.3 is 9.73 Å². The number of nitrogens with zero attached hydrogens (tertiary/aromatic N) is 2.